The van der Waals surface area contributed by atoms with E-state index in [4.69, 9.17) is 23.3 Å². The summed E-state index contributed by atoms with van der Waals surface area (Å²) < 4.78 is 37.5. The van der Waals surface area contributed by atoms with Crippen LogP contribution in [0.15, 0.2) is 24.5 Å². The average molecular weight is 285 g/mol. The van der Waals surface area contributed by atoms with Gasteiger partial charge in [0.15, 0.2) is 0 Å². The molecular weight excluding hydrogens is 278 g/mol. The molecule has 18 heavy (non-hydrogen) atoms. The van der Waals surface area contributed by atoms with Gasteiger partial charge in [-0.3, -0.25) is 4.98 Å². The van der Waals surface area contributed by atoms with Crippen LogP contribution in [-0.2, 0) is 40.6 Å². The molecule has 6 nitrogen and oxygen atoms in total. The first kappa shape index (κ1) is 36.0. The molecule has 0 N–H and O–H groups in total. The largest absolute Gasteiger partial charge is 5.00 e. The fraction of sp³-hybridized carbons (Fsp3) is 0.0909. The second kappa shape index (κ2) is 78.1. The molecule has 0 aliphatic carbocycles. The minimum Gasteiger partial charge on any atom is 5.00 e. The summed E-state index contributed by atoms with van der Waals surface area (Å²) in [5.41, 5.74) is 1.21. The second-order valence-electron chi connectivity index (χ2n) is 1.53. The van der Waals surface area contributed by atoms with Crippen LogP contribution >= 0.6 is 0 Å². The molecule has 0 amide bonds. The van der Waals surface area contributed by atoms with Crippen LogP contribution in [0.5, 0.6) is 0 Å². The molecule has 0 saturated heterocycles. The molecule has 87 valence electrons. The Morgan fingerprint density at radius 2 is 1.17 bits per heavy atom. The molecule has 0 fully saturated rings. The molecule has 0 atom stereocenters. The zero-order valence-electron chi connectivity index (χ0n) is 9.21. The number of aryl methyl sites for hydroxylation is 1. The third kappa shape index (κ3) is 63.2. The molecule has 1 heterocycles. The first-order valence-corrected chi connectivity index (χ1v) is 3.28. The maximum Gasteiger partial charge on any atom is 5.00 e. The Balaban J connectivity index is -0.0000000285. The van der Waals surface area contributed by atoms with Crippen LogP contribution < -0.4 is 0 Å². The molecule has 0 saturated carbocycles. The summed E-state index contributed by atoms with van der Waals surface area (Å²) in [6, 6.07) is 3.95. The predicted octanol–water partition coefficient (Wildman–Crippen LogP) is 1.20. The van der Waals surface area contributed by atoms with Crippen LogP contribution in [0.1, 0.15) is 5.56 Å². The third-order valence-corrected chi connectivity index (χ3v) is 0.809. The third-order valence-electron chi connectivity index (χ3n) is 0.809. The Morgan fingerprint density at radius 3 is 1.28 bits per heavy atom. The Labute approximate surface area is 116 Å². The molecule has 7 heteroatoms. The number of rotatable bonds is 0. The van der Waals surface area contributed by atoms with E-state index in [0.29, 0.717) is 0 Å². The Bertz CT molecular complexity index is 281. The van der Waals surface area contributed by atoms with Crippen molar-refractivity contribution in [3.05, 3.63) is 63.3 Å². The van der Waals surface area contributed by atoms with Crippen molar-refractivity contribution in [2.75, 3.05) is 0 Å². The van der Waals surface area contributed by atoms with E-state index in [9.17, 15) is 0 Å². The molecule has 1 aromatic heterocycles. The van der Waals surface area contributed by atoms with Crippen molar-refractivity contribution in [2.45, 2.75) is 6.92 Å². The summed E-state index contributed by atoms with van der Waals surface area (Å²) >= 11 is 0. The fourth-order valence-corrected chi connectivity index (χ4v) is 0.448. The standard InChI is InChI=1S/C6H7N.5CO.Cr/c1-6-3-2-4-7-5-6;5*1-2;/h2-5H,1H3;;;;;;/q;;;;;;+5. The van der Waals surface area contributed by atoms with Crippen LogP contribution in [-0.4, -0.2) is 4.98 Å². The number of pyridine rings is 1. The van der Waals surface area contributed by atoms with E-state index >= 15 is 0 Å². The quantitative estimate of drug-likeness (QED) is 0.517. The number of aromatic nitrogens is 1. The maximum atomic E-state index is 7.50. The van der Waals surface area contributed by atoms with E-state index in [1.807, 2.05) is 25.3 Å². The predicted molar refractivity (Wildman–Crippen MR) is 48.6 cm³/mol. The first-order chi connectivity index (χ1) is 8.39. The average Bonchev–Trinajstić information content (AvgIpc) is 2.50. The monoisotopic (exact) mass is 285 g/mol. The summed E-state index contributed by atoms with van der Waals surface area (Å²) in [5.74, 6) is 0. The smallest absolute Gasteiger partial charge is 5.00 e. The minimum atomic E-state index is 0. The molecular formula is C11H7CrNO5+5. The number of hydrogen-bond donors (Lipinski definition) is 0. The van der Waals surface area contributed by atoms with Crippen LogP contribution in [0.4, 0.5) is 0 Å². The molecule has 1 aromatic rings. The second-order valence-corrected chi connectivity index (χ2v) is 1.53. The van der Waals surface area contributed by atoms with Gasteiger partial charge in [-0.05, 0) is 18.6 Å². The molecule has 1 radical (unpaired) electrons. The SMILES string of the molecule is Cc1cccnc1.[C-]#[O+].[C-]#[O+].[C-]#[O+].[C-]#[O+].[C-]#[O+].[Cr+5]. The Kier molecular flexibility index (Phi) is 156. The van der Waals surface area contributed by atoms with Gasteiger partial charge in [-0.2, -0.15) is 0 Å². The van der Waals surface area contributed by atoms with Gasteiger partial charge in [0.2, 0.25) is 0 Å². The van der Waals surface area contributed by atoms with Crippen molar-refractivity contribution in [1.29, 1.82) is 0 Å². The van der Waals surface area contributed by atoms with E-state index in [1.165, 1.54) is 5.56 Å². The molecule has 0 bridgehead atoms. The van der Waals surface area contributed by atoms with Crippen molar-refractivity contribution in [2.24, 2.45) is 0 Å². The van der Waals surface area contributed by atoms with Gasteiger partial charge in [-0.15, -0.1) is 0 Å². The van der Waals surface area contributed by atoms with Gasteiger partial charge in [0, 0.05) is 12.4 Å². The Morgan fingerprint density at radius 1 is 0.833 bits per heavy atom. The molecule has 0 spiro atoms. The van der Waals surface area contributed by atoms with Crippen molar-refractivity contribution in [3.8, 4) is 0 Å². The van der Waals surface area contributed by atoms with Gasteiger partial charge >= 0.3 is 73.9 Å². The minimum absolute atomic E-state index is 0. The summed E-state index contributed by atoms with van der Waals surface area (Å²) in [6.45, 7) is 24.5. The van der Waals surface area contributed by atoms with Gasteiger partial charge in [-0.25, -0.2) is 0 Å². The zero-order chi connectivity index (χ0) is 15.1. The van der Waals surface area contributed by atoms with Gasteiger partial charge < -0.3 is 0 Å². The number of nitrogens with zero attached hydrogens (tertiary/aromatic N) is 1. The van der Waals surface area contributed by atoms with Gasteiger partial charge in [0.25, 0.3) is 0 Å². The fourth-order valence-electron chi connectivity index (χ4n) is 0.448. The van der Waals surface area contributed by atoms with E-state index in [-0.39, 0.29) is 17.4 Å². The summed E-state index contributed by atoms with van der Waals surface area (Å²) in [5, 5.41) is 0. The molecule has 0 unspecified atom stereocenters. The molecule has 1 rings (SSSR count). The van der Waals surface area contributed by atoms with Crippen LogP contribution in [0.3, 0.4) is 0 Å². The normalized spacial score (nSPS) is 3.94. The maximum absolute atomic E-state index is 7.50. The van der Waals surface area contributed by atoms with E-state index in [0.717, 1.165) is 0 Å². The van der Waals surface area contributed by atoms with Crippen LogP contribution in [0, 0.1) is 40.2 Å². The van der Waals surface area contributed by atoms with Crippen LogP contribution in [0.2, 0.25) is 0 Å². The summed E-state index contributed by atoms with van der Waals surface area (Å²) in [4.78, 5) is 3.88. The van der Waals surface area contributed by atoms with Crippen molar-refractivity contribution >= 4 is 0 Å². The van der Waals surface area contributed by atoms with Crippen molar-refractivity contribution in [1.82, 2.24) is 4.98 Å². The van der Waals surface area contributed by atoms with E-state index in [1.54, 1.807) is 6.20 Å². The van der Waals surface area contributed by atoms with E-state index in [2.05, 4.69) is 38.2 Å². The van der Waals surface area contributed by atoms with E-state index < -0.39 is 0 Å². The summed E-state index contributed by atoms with van der Waals surface area (Å²) in [7, 11) is 0. The molecule has 0 aromatic carbocycles. The molecule has 0 aliphatic rings. The topological polar surface area (TPSA) is 112 Å². The van der Waals surface area contributed by atoms with Gasteiger partial charge in [-0.1, -0.05) is 6.07 Å². The molecule has 0 aliphatic heterocycles. The van der Waals surface area contributed by atoms with Gasteiger partial charge in [0.05, 0.1) is 0 Å². The van der Waals surface area contributed by atoms with Gasteiger partial charge in [0.1, 0.15) is 0 Å². The van der Waals surface area contributed by atoms with Crippen molar-refractivity contribution < 1.29 is 40.6 Å². The first-order valence-electron chi connectivity index (χ1n) is 3.28. The Hall–Kier alpha value is -1.62. The summed E-state index contributed by atoms with van der Waals surface area (Å²) in [6.07, 6.45) is 3.60. The zero-order valence-corrected chi connectivity index (χ0v) is 10.5. The van der Waals surface area contributed by atoms with Crippen LogP contribution in [0.25, 0.3) is 0 Å². The van der Waals surface area contributed by atoms with Crippen molar-refractivity contribution in [3.63, 3.8) is 0 Å². The number of hydrogen-bond acceptors (Lipinski definition) is 1.